The molecule has 1 unspecified atom stereocenters. The number of aryl methyl sites for hydroxylation is 1. The van der Waals surface area contributed by atoms with Crippen LogP contribution in [0.15, 0.2) is 48.7 Å². The average molecular weight is 1060 g/mol. The van der Waals surface area contributed by atoms with E-state index >= 15 is 8.78 Å². The number of halogens is 2. The van der Waals surface area contributed by atoms with Crippen LogP contribution < -0.4 is 24.6 Å². The SMILES string of the molecule is CCc1c(F)ccc2cc(OCOC)cc(-c3ncc4c(N5CCOCC(C)(O)C5)nc(OCC5(CN6CCC7(CC6)CC(CN6CCN(c8ccc9c(c8)CN([C@@H]8CCC(=O)NC8=O)C9=O)CC6)C7)CC5)nc4c3F)c12. The molecule has 12 rings (SSSR count). The highest BCUT2D eigenvalue weighted by atomic mass is 19.1. The number of carbonyl (C=O) groups is 3. The van der Waals surface area contributed by atoms with Gasteiger partial charge in [0.25, 0.3) is 5.91 Å². The van der Waals surface area contributed by atoms with Crippen molar-refractivity contribution in [1.29, 1.82) is 0 Å². The van der Waals surface area contributed by atoms with Crippen molar-refractivity contribution in [2.75, 3.05) is 109 Å². The maximum absolute atomic E-state index is 17.5. The van der Waals surface area contributed by atoms with Crippen molar-refractivity contribution in [1.82, 2.24) is 35.0 Å². The Bertz CT molecular complexity index is 3110. The Labute approximate surface area is 447 Å². The van der Waals surface area contributed by atoms with E-state index in [1.165, 1.54) is 38.9 Å². The van der Waals surface area contributed by atoms with Crippen molar-refractivity contribution in [3.63, 3.8) is 0 Å². The first-order valence-electron chi connectivity index (χ1n) is 27.6. The number of amides is 3. The molecule has 0 radical (unpaired) electrons. The number of carbonyl (C=O) groups excluding carboxylic acids is 3. The summed E-state index contributed by atoms with van der Waals surface area (Å²) in [7, 11) is 1.52. The molecule has 2 aliphatic carbocycles. The van der Waals surface area contributed by atoms with Crippen molar-refractivity contribution >= 4 is 50.9 Å². The summed E-state index contributed by atoms with van der Waals surface area (Å²) in [4.78, 5) is 63.0. The second-order valence-corrected chi connectivity index (χ2v) is 23.4. The van der Waals surface area contributed by atoms with Gasteiger partial charge in [0, 0.05) is 94.3 Å². The summed E-state index contributed by atoms with van der Waals surface area (Å²) in [5.74, 6) is -0.402. The van der Waals surface area contributed by atoms with Crippen molar-refractivity contribution in [3.8, 4) is 23.0 Å². The average Bonchev–Trinajstić information content (AvgIpc) is 4.14. The van der Waals surface area contributed by atoms with Gasteiger partial charge in [0.2, 0.25) is 11.8 Å². The van der Waals surface area contributed by atoms with Gasteiger partial charge in [-0.15, -0.1) is 0 Å². The van der Waals surface area contributed by atoms with Gasteiger partial charge in [-0.05, 0) is 141 Å². The van der Waals surface area contributed by atoms with Crippen LogP contribution in [-0.4, -0.2) is 163 Å². The number of nitrogens with zero attached hydrogens (tertiary/aromatic N) is 8. The summed E-state index contributed by atoms with van der Waals surface area (Å²) in [5.41, 5.74) is 2.64. The molecule has 2 aromatic heterocycles. The van der Waals surface area contributed by atoms with E-state index in [-0.39, 0.29) is 66.7 Å². The van der Waals surface area contributed by atoms with E-state index in [2.05, 4.69) is 31.1 Å². The monoisotopic (exact) mass is 1060 g/mol. The Kier molecular flexibility index (Phi) is 13.8. The fourth-order valence-corrected chi connectivity index (χ4v) is 13.3. The molecule has 5 aromatic rings. The number of hydrogen-bond acceptors (Lipinski definition) is 15. The molecule has 2 N–H and O–H groups in total. The van der Waals surface area contributed by atoms with Crippen LogP contribution in [0.5, 0.6) is 11.8 Å². The minimum Gasteiger partial charge on any atom is -0.468 e. The number of pyridine rings is 1. The highest BCUT2D eigenvalue weighted by Crippen LogP contribution is 2.54. The number of anilines is 2. The molecule has 2 saturated carbocycles. The van der Waals surface area contributed by atoms with Crippen LogP contribution in [0.25, 0.3) is 32.9 Å². The molecule has 3 aromatic carbocycles. The van der Waals surface area contributed by atoms with Crippen molar-refractivity contribution in [3.05, 3.63) is 77.0 Å². The second kappa shape index (κ2) is 20.6. The quantitative estimate of drug-likeness (QED) is 0.0860. The van der Waals surface area contributed by atoms with Gasteiger partial charge in [0.1, 0.15) is 40.2 Å². The summed E-state index contributed by atoms with van der Waals surface area (Å²) < 4.78 is 56.2. The number of nitrogens with one attached hydrogen (secondary N) is 1. The first-order chi connectivity index (χ1) is 37.2. The van der Waals surface area contributed by atoms with Gasteiger partial charge in [0.05, 0.1) is 31.8 Å². The van der Waals surface area contributed by atoms with Gasteiger partial charge in [-0.3, -0.25) is 29.6 Å². The van der Waals surface area contributed by atoms with E-state index in [1.807, 2.05) is 24.0 Å². The number of imide groups is 1. The third-order valence-electron chi connectivity index (χ3n) is 17.6. The molecule has 3 amide bonds. The molecular weight excluding hydrogens is 989 g/mol. The number of piperazine rings is 1. The van der Waals surface area contributed by atoms with E-state index in [1.54, 1.807) is 36.2 Å². The Morgan fingerprint density at radius 3 is 2.45 bits per heavy atom. The molecule has 19 heteroatoms. The lowest BCUT2D eigenvalue weighted by molar-refractivity contribution is -0.136. The molecule has 7 aliphatic rings. The van der Waals surface area contributed by atoms with Gasteiger partial charge in [-0.1, -0.05) is 13.0 Å². The molecule has 77 heavy (non-hydrogen) atoms. The lowest BCUT2D eigenvalue weighted by atomic mass is 9.57. The van der Waals surface area contributed by atoms with Crippen LogP contribution in [0.2, 0.25) is 0 Å². The fourth-order valence-electron chi connectivity index (χ4n) is 13.3. The van der Waals surface area contributed by atoms with Crippen LogP contribution in [0.3, 0.4) is 0 Å². The minimum absolute atomic E-state index is 0.00951. The summed E-state index contributed by atoms with van der Waals surface area (Å²) in [6.07, 6.45) is 9.47. The smallest absolute Gasteiger partial charge is 0.319 e. The molecule has 2 atom stereocenters. The number of likely N-dealkylation sites (tertiary alicyclic amines) is 1. The van der Waals surface area contributed by atoms with E-state index in [4.69, 9.17) is 28.9 Å². The number of aliphatic hydroxyl groups is 1. The maximum atomic E-state index is 17.5. The normalized spacial score (nSPS) is 23.8. The van der Waals surface area contributed by atoms with Crippen molar-refractivity contribution < 1.29 is 47.2 Å². The molecule has 5 aliphatic heterocycles. The molecule has 4 saturated heterocycles. The number of hydrogen-bond donors (Lipinski definition) is 2. The predicted octanol–water partition coefficient (Wildman–Crippen LogP) is 6.49. The fraction of sp³-hybridized carbons (Fsp3) is 0.552. The Balaban J connectivity index is 0.676. The van der Waals surface area contributed by atoms with E-state index in [0.29, 0.717) is 94.9 Å². The Morgan fingerprint density at radius 1 is 0.896 bits per heavy atom. The van der Waals surface area contributed by atoms with Gasteiger partial charge in [0.15, 0.2) is 12.6 Å². The summed E-state index contributed by atoms with van der Waals surface area (Å²) in [6, 6.07) is 12.0. The number of rotatable bonds is 15. The lowest BCUT2D eigenvalue weighted by Gasteiger charge is -2.54. The Hall–Kier alpha value is -6.12. The standard InChI is InChI=1S/C58H69F2N9O8/c1-4-41-45(59)8-5-37-24-40(77-35-74-3)25-43(48(37)41)50-49(60)51-44(28-61-50)52(68-21-22-75-33-56(2,73)31-68)64-55(63-51)76-34-58(11-12-58)32-66-15-13-57(14-16-66)26-36(27-57)29-65-17-19-67(20-18-65)39-6-7-42-38(23-39)30-69(54(42)72)46-9-10-47(70)62-53(46)71/h5-8,23-25,28,36,46,73H,4,9-22,26-27,29-35H2,1-3H3,(H,62,70,71)/t46-,56?/m1/s1. The maximum Gasteiger partial charge on any atom is 0.319 e. The number of ether oxygens (including phenoxy) is 4. The number of piperidine rings is 2. The van der Waals surface area contributed by atoms with Gasteiger partial charge < -0.3 is 43.7 Å². The molecule has 408 valence electrons. The predicted molar refractivity (Wildman–Crippen MR) is 285 cm³/mol. The number of β-amino-alcohol motifs (C(OH)–C–C–N with tert-alkyl or cyclic N) is 1. The second-order valence-electron chi connectivity index (χ2n) is 23.4. The molecule has 6 fully saturated rings. The Morgan fingerprint density at radius 2 is 1.70 bits per heavy atom. The lowest BCUT2D eigenvalue weighted by Crippen LogP contribution is -2.53. The van der Waals surface area contributed by atoms with Crippen LogP contribution in [0, 0.1) is 28.4 Å². The van der Waals surface area contributed by atoms with Crippen LogP contribution in [0.1, 0.15) is 86.7 Å². The molecule has 7 heterocycles. The van der Waals surface area contributed by atoms with E-state index < -0.39 is 23.3 Å². The van der Waals surface area contributed by atoms with Crippen molar-refractivity contribution in [2.45, 2.75) is 89.8 Å². The number of fused-ring (bicyclic) bond motifs is 3. The number of benzene rings is 3. The topological polar surface area (TPSA) is 175 Å². The largest absolute Gasteiger partial charge is 0.468 e. The molecule has 17 nitrogen and oxygen atoms in total. The summed E-state index contributed by atoms with van der Waals surface area (Å²) in [5, 5.41) is 15.2. The number of aromatic nitrogens is 3. The first-order valence-corrected chi connectivity index (χ1v) is 27.6. The van der Waals surface area contributed by atoms with Gasteiger partial charge in [-0.25, -0.2) is 8.78 Å². The van der Waals surface area contributed by atoms with Crippen LogP contribution in [0.4, 0.5) is 20.3 Å². The third kappa shape index (κ3) is 10.3. The molecule has 1 spiro atoms. The first kappa shape index (κ1) is 51.6. The molecule has 0 bridgehead atoms. The number of methoxy groups -OCH3 is 1. The van der Waals surface area contributed by atoms with E-state index in [9.17, 15) is 19.5 Å². The highest BCUT2D eigenvalue weighted by Gasteiger charge is 2.50. The zero-order valence-corrected chi connectivity index (χ0v) is 44.4. The van der Waals surface area contributed by atoms with Crippen LogP contribution >= 0.6 is 0 Å². The summed E-state index contributed by atoms with van der Waals surface area (Å²) in [6.45, 7) is 13.3. The van der Waals surface area contributed by atoms with Gasteiger partial charge >= 0.3 is 6.01 Å². The van der Waals surface area contributed by atoms with E-state index in [0.717, 1.165) is 76.5 Å². The van der Waals surface area contributed by atoms with Crippen molar-refractivity contribution in [2.24, 2.45) is 16.7 Å². The minimum atomic E-state index is -1.20. The van der Waals surface area contributed by atoms with Gasteiger partial charge in [-0.2, -0.15) is 9.97 Å². The van der Waals surface area contributed by atoms with Crippen LogP contribution in [-0.2, 0) is 32.0 Å². The zero-order valence-electron chi connectivity index (χ0n) is 44.4. The summed E-state index contributed by atoms with van der Waals surface area (Å²) >= 11 is 0. The third-order valence-corrected chi connectivity index (χ3v) is 17.6. The highest BCUT2D eigenvalue weighted by molar-refractivity contribution is 6.06. The molecular formula is C58H69F2N9O8. The zero-order chi connectivity index (χ0) is 53.2.